The van der Waals surface area contributed by atoms with Crippen molar-refractivity contribution in [1.29, 1.82) is 0 Å². The number of para-hydroxylation sites is 1. The standard InChI is InChI=1S/C33H29BrN4O7S2/c1-20-28(46-30(34)29(20)47(42,43)36-24-9-7-21(8-10-24)33(41)44-2)31(39)35-23-11-13-25(14-12-23)37-15-17-38(18-16-37)32(40)27-19-22-5-3-4-6-26(22)45-27/h3-14,19,36H,15-18H2,1-2H3,(H,35,39). The summed E-state index contributed by atoms with van der Waals surface area (Å²) in [6.45, 7) is 3.94. The van der Waals surface area contributed by atoms with E-state index in [0.29, 0.717) is 48.8 Å². The van der Waals surface area contributed by atoms with Crippen LogP contribution in [0.5, 0.6) is 0 Å². The number of ether oxygens (including phenoxy) is 1. The number of fused-ring (bicyclic) bond motifs is 1. The minimum Gasteiger partial charge on any atom is -0.465 e. The second kappa shape index (κ2) is 13.2. The highest BCUT2D eigenvalue weighted by molar-refractivity contribution is 9.11. The number of amides is 2. The van der Waals surface area contributed by atoms with Crippen molar-refractivity contribution in [2.24, 2.45) is 0 Å². The van der Waals surface area contributed by atoms with Crippen LogP contribution in [0.2, 0.25) is 0 Å². The van der Waals surface area contributed by atoms with Crippen molar-refractivity contribution >= 4 is 83.1 Å². The summed E-state index contributed by atoms with van der Waals surface area (Å²) in [7, 11) is -2.80. The number of furan rings is 1. The molecule has 6 rings (SSSR count). The number of hydrogen-bond acceptors (Lipinski definition) is 9. The zero-order valence-electron chi connectivity index (χ0n) is 25.3. The van der Waals surface area contributed by atoms with E-state index in [4.69, 9.17) is 4.42 Å². The largest absolute Gasteiger partial charge is 0.465 e. The molecule has 3 heterocycles. The van der Waals surface area contributed by atoms with Gasteiger partial charge in [0.15, 0.2) is 5.76 Å². The smallest absolute Gasteiger partial charge is 0.337 e. The lowest BCUT2D eigenvalue weighted by Crippen LogP contribution is -2.48. The first-order valence-electron chi connectivity index (χ1n) is 14.5. The van der Waals surface area contributed by atoms with Gasteiger partial charge in [-0.25, -0.2) is 13.2 Å². The quantitative estimate of drug-likeness (QED) is 0.176. The van der Waals surface area contributed by atoms with Crippen LogP contribution in [0.25, 0.3) is 11.0 Å². The SMILES string of the molecule is COC(=O)c1ccc(NS(=O)(=O)c2c(Br)sc(C(=O)Nc3ccc(N4CCN(C(=O)c5cc6ccccc6o5)CC4)cc3)c2C)cc1. The Kier molecular flexibility index (Phi) is 9.08. The number of thiophene rings is 1. The highest BCUT2D eigenvalue weighted by Crippen LogP contribution is 2.37. The number of carbonyl (C=O) groups excluding carboxylic acids is 3. The Labute approximate surface area is 283 Å². The third-order valence-electron chi connectivity index (χ3n) is 7.78. The molecule has 2 amide bonds. The number of piperazine rings is 1. The van der Waals surface area contributed by atoms with Crippen LogP contribution < -0.4 is 14.9 Å². The van der Waals surface area contributed by atoms with Crippen molar-refractivity contribution in [1.82, 2.24) is 4.90 Å². The molecule has 1 fully saturated rings. The lowest BCUT2D eigenvalue weighted by molar-refractivity contribution is 0.0600. The van der Waals surface area contributed by atoms with Gasteiger partial charge in [0.25, 0.3) is 21.8 Å². The Morgan fingerprint density at radius 1 is 0.915 bits per heavy atom. The second-order valence-corrected chi connectivity index (χ2v) is 14.7. The molecule has 0 spiro atoms. The van der Waals surface area contributed by atoms with E-state index in [1.54, 1.807) is 30.0 Å². The lowest BCUT2D eigenvalue weighted by atomic mass is 10.2. The molecule has 0 radical (unpaired) electrons. The summed E-state index contributed by atoms with van der Waals surface area (Å²) < 4.78 is 39.8. The Hall–Kier alpha value is -4.66. The van der Waals surface area contributed by atoms with E-state index < -0.39 is 21.9 Å². The molecule has 2 N–H and O–H groups in total. The average molecular weight is 738 g/mol. The Balaban J connectivity index is 1.07. The van der Waals surface area contributed by atoms with Gasteiger partial charge in [0.2, 0.25) is 0 Å². The molecule has 0 saturated carbocycles. The van der Waals surface area contributed by atoms with E-state index in [0.717, 1.165) is 22.4 Å². The van der Waals surface area contributed by atoms with E-state index in [2.05, 4.69) is 35.6 Å². The van der Waals surface area contributed by atoms with E-state index in [9.17, 15) is 22.8 Å². The van der Waals surface area contributed by atoms with Gasteiger partial charge in [-0.05, 0) is 89.1 Å². The van der Waals surface area contributed by atoms with Gasteiger partial charge in [0.1, 0.15) is 10.5 Å². The molecule has 5 aromatic rings. The number of nitrogens with zero attached hydrogens (tertiary/aromatic N) is 2. The average Bonchev–Trinajstić information content (AvgIpc) is 3.65. The van der Waals surface area contributed by atoms with Crippen LogP contribution in [0.15, 0.2) is 92.0 Å². The third kappa shape index (κ3) is 6.75. The number of halogens is 1. The van der Waals surface area contributed by atoms with Crippen LogP contribution in [0.4, 0.5) is 17.1 Å². The molecule has 14 heteroatoms. The molecule has 11 nitrogen and oxygen atoms in total. The molecule has 0 bridgehead atoms. The van der Waals surface area contributed by atoms with Crippen molar-refractivity contribution in [3.05, 3.63) is 104 Å². The van der Waals surface area contributed by atoms with Gasteiger partial charge in [-0.1, -0.05) is 18.2 Å². The summed E-state index contributed by atoms with van der Waals surface area (Å²) in [5, 5.41) is 3.75. The van der Waals surface area contributed by atoms with Gasteiger partial charge in [-0.3, -0.25) is 14.3 Å². The predicted octanol–water partition coefficient (Wildman–Crippen LogP) is 6.37. The van der Waals surface area contributed by atoms with E-state index in [1.165, 1.54) is 31.4 Å². The van der Waals surface area contributed by atoms with Crippen LogP contribution in [0, 0.1) is 6.92 Å². The first-order chi connectivity index (χ1) is 22.5. The highest BCUT2D eigenvalue weighted by atomic mass is 79.9. The number of hydrogen-bond donors (Lipinski definition) is 2. The fourth-order valence-electron chi connectivity index (χ4n) is 5.34. The second-order valence-electron chi connectivity index (χ2n) is 10.8. The van der Waals surface area contributed by atoms with Gasteiger partial charge in [-0.2, -0.15) is 0 Å². The third-order valence-corrected chi connectivity index (χ3v) is 11.7. The van der Waals surface area contributed by atoms with Gasteiger partial charge >= 0.3 is 5.97 Å². The normalized spacial score (nSPS) is 13.4. The molecule has 3 aromatic carbocycles. The molecule has 242 valence electrons. The monoisotopic (exact) mass is 736 g/mol. The zero-order valence-corrected chi connectivity index (χ0v) is 28.5. The van der Waals surface area contributed by atoms with Crippen LogP contribution >= 0.6 is 27.3 Å². The number of benzene rings is 3. The highest BCUT2D eigenvalue weighted by Gasteiger charge is 2.29. The minimum atomic E-state index is -4.07. The summed E-state index contributed by atoms with van der Waals surface area (Å²) in [5.41, 5.74) is 3.02. The number of esters is 1. The molecule has 2 aromatic heterocycles. The zero-order chi connectivity index (χ0) is 33.3. The van der Waals surface area contributed by atoms with Crippen molar-refractivity contribution in [2.75, 3.05) is 48.2 Å². The van der Waals surface area contributed by atoms with Crippen LogP contribution in [0.3, 0.4) is 0 Å². The first-order valence-corrected chi connectivity index (χ1v) is 17.6. The number of sulfonamides is 1. The summed E-state index contributed by atoms with van der Waals surface area (Å²) in [4.78, 5) is 42.1. The van der Waals surface area contributed by atoms with Gasteiger partial charge < -0.3 is 24.3 Å². The number of anilines is 3. The molecule has 1 saturated heterocycles. The van der Waals surface area contributed by atoms with Crippen molar-refractivity contribution in [3.63, 3.8) is 0 Å². The van der Waals surface area contributed by atoms with Crippen LogP contribution in [-0.4, -0.2) is 64.4 Å². The first kappa shape index (κ1) is 32.3. The number of methoxy groups -OCH3 is 1. The minimum absolute atomic E-state index is 0.0435. The number of carbonyl (C=O) groups is 3. The fourth-order valence-corrected chi connectivity index (χ4v) is 9.37. The molecule has 1 aliphatic rings. The van der Waals surface area contributed by atoms with E-state index in [1.807, 2.05) is 36.4 Å². The van der Waals surface area contributed by atoms with Crippen LogP contribution in [0.1, 0.15) is 36.1 Å². The Morgan fingerprint density at radius 2 is 1.57 bits per heavy atom. The lowest BCUT2D eigenvalue weighted by Gasteiger charge is -2.35. The summed E-state index contributed by atoms with van der Waals surface area (Å²) in [6, 6.07) is 22.5. The van der Waals surface area contributed by atoms with Gasteiger partial charge in [0.05, 0.1) is 21.3 Å². The van der Waals surface area contributed by atoms with E-state index >= 15 is 0 Å². The summed E-state index contributed by atoms with van der Waals surface area (Å²) in [6.07, 6.45) is 0. The molecule has 0 aliphatic carbocycles. The van der Waals surface area contributed by atoms with Crippen molar-refractivity contribution in [3.8, 4) is 0 Å². The van der Waals surface area contributed by atoms with Crippen molar-refractivity contribution in [2.45, 2.75) is 11.8 Å². The molecular formula is C33H29BrN4O7S2. The maximum absolute atomic E-state index is 13.3. The predicted molar refractivity (Wildman–Crippen MR) is 184 cm³/mol. The summed E-state index contributed by atoms with van der Waals surface area (Å²) in [5.74, 6) is -0.772. The van der Waals surface area contributed by atoms with Gasteiger partial charge in [0, 0.05) is 48.6 Å². The molecule has 0 unspecified atom stereocenters. The fraction of sp³-hybridized carbons (Fsp3) is 0.182. The van der Waals surface area contributed by atoms with Crippen molar-refractivity contribution < 1.29 is 32.0 Å². The maximum atomic E-state index is 13.3. The van der Waals surface area contributed by atoms with E-state index in [-0.39, 0.29) is 30.7 Å². The molecule has 47 heavy (non-hydrogen) atoms. The topological polar surface area (TPSA) is 138 Å². The Bertz CT molecular complexity index is 2050. The number of nitrogens with one attached hydrogen (secondary N) is 2. The van der Waals surface area contributed by atoms with Crippen LogP contribution in [-0.2, 0) is 14.8 Å². The van der Waals surface area contributed by atoms with Gasteiger partial charge in [-0.15, -0.1) is 11.3 Å². The number of rotatable bonds is 8. The summed E-state index contributed by atoms with van der Waals surface area (Å²) >= 11 is 4.34. The molecule has 0 atom stereocenters. The molecular weight excluding hydrogens is 708 g/mol. The Morgan fingerprint density at radius 3 is 2.23 bits per heavy atom. The molecule has 1 aliphatic heterocycles. The maximum Gasteiger partial charge on any atom is 0.337 e.